The molecule has 1 N–H and O–H groups in total. The Bertz CT molecular complexity index is 188. The van der Waals surface area contributed by atoms with Crippen LogP contribution in [0.15, 0.2) is 0 Å². The average molecular weight is 218 g/mol. The predicted octanol–water partition coefficient (Wildman–Crippen LogP) is 2.15. The lowest BCUT2D eigenvalue weighted by Crippen LogP contribution is -2.33. The van der Waals surface area contributed by atoms with Crippen molar-refractivity contribution >= 4 is 17.7 Å². The monoisotopic (exact) mass is 218 g/mol. The smallest absolute Gasteiger partial charge is 0.319 e. The Morgan fingerprint density at radius 1 is 1.57 bits per heavy atom. The fourth-order valence-electron chi connectivity index (χ4n) is 1.65. The third-order valence-corrected chi connectivity index (χ3v) is 4.12. The van der Waals surface area contributed by atoms with Gasteiger partial charge in [0.2, 0.25) is 0 Å². The molecule has 0 radical (unpaired) electrons. The van der Waals surface area contributed by atoms with Crippen LogP contribution < -0.4 is 0 Å². The molecule has 0 aliphatic carbocycles. The molecule has 3 nitrogen and oxygen atoms in total. The van der Waals surface area contributed by atoms with Crippen LogP contribution in [0.4, 0.5) is 0 Å². The highest BCUT2D eigenvalue weighted by Gasteiger charge is 2.41. The summed E-state index contributed by atoms with van der Waals surface area (Å²) in [6.45, 7) is 3.37. The Balaban J connectivity index is 2.33. The predicted molar refractivity (Wildman–Crippen MR) is 57.8 cm³/mol. The van der Waals surface area contributed by atoms with Gasteiger partial charge in [-0.05, 0) is 31.4 Å². The molecule has 82 valence electrons. The van der Waals surface area contributed by atoms with Crippen LogP contribution in [-0.4, -0.2) is 34.8 Å². The summed E-state index contributed by atoms with van der Waals surface area (Å²) in [7, 11) is 0. The molecule has 1 unspecified atom stereocenters. The van der Waals surface area contributed by atoms with Gasteiger partial charge in [-0.1, -0.05) is 6.92 Å². The molecule has 14 heavy (non-hydrogen) atoms. The molecule has 0 spiro atoms. The molecule has 0 aromatic rings. The van der Waals surface area contributed by atoms with Crippen molar-refractivity contribution in [1.29, 1.82) is 0 Å². The van der Waals surface area contributed by atoms with Crippen molar-refractivity contribution in [2.75, 3.05) is 19.0 Å². The summed E-state index contributed by atoms with van der Waals surface area (Å²) in [6.07, 6.45) is 3.45. The number of aliphatic carboxylic acids is 1. The maximum Gasteiger partial charge on any atom is 0.319 e. The zero-order chi connectivity index (χ0) is 10.4. The summed E-state index contributed by atoms with van der Waals surface area (Å²) >= 11 is 1.58. The van der Waals surface area contributed by atoms with E-state index in [4.69, 9.17) is 9.84 Å². The minimum atomic E-state index is -0.667. The molecule has 0 aromatic carbocycles. The molecule has 1 fully saturated rings. The zero-order valence-electron chi connectivity index (χ0n) is 8.62. The van der Waals surface area contributed by atoms with Crippen molar-refractivity contribution in [3.05, 3.63) is 0 Å². The minimum Gasteiger partial charge on any atom is -0.480 e. The quantitative estimate of drug-likeness (QED) is 0.694. The number of rotatable bonds is 6. The summed E-state index contributed by atoms with van der Waals surface area (Å²) in [5.74, 6) is 0.306. The van der Waals surface area contributed by atoms with E-state index < -0.39 is 10.7 Å². The molecule has 0 bridgehead atoms. The lowest BCUT2D eigenvalue weighted by Gasteiger charge is -2.22. The van der Waals surface area contributed by atoms with Gasteiger partial charge < -0.3 is 9.84 Å². The lowest BCUT2D eigenvalue weighted by molar-refractivity contribution is -0.140. The summed E-state index contributed by atoms with van der Waals surface area (Å²) in [6, 6.07) is 0. The zero-order valence-corrected chi connectivity index (χ0v) is 9.44. The first-order chi connectivity index (χ1) is 6.71. The highest BCUT2D eigenvalue weighted by Crippen LogP contribution is 2.41. The van der Waals surface area contributed by atoms with Crippen molar-refractivity contribution in [2.24, 2.45) is 0 Å². The summed E-state index contributed by atoms with van der Waals surface area (Å²) < 4.78 is 4.80. The molecule has 1 atom stereocenters. The van der Waals surface area contributed by atoms with Crippen LogP contribution in [0.3, 0.4) is 0 Å². The van der Waals surface area contributed by atoms with E-state index in [9.17, 15) is 4.79 Å². The van der Waals surface area contributed by atoms with Crippen LogP contribution in [0.25, 0.3) is 0 Å². The van der Waals surface area contributed by atoms with Gasteiger partial charge in [0.15, 0.2) is 0 Å². The van der Waals surface area contributed by atoms with Gasteiger partial charge in [-0.3, -0.25) is 4.79 Å². The first-order valence-electron chi connectivity index (χ1n) is 5.16. The molecule has 1 heterocycles. The van der Waals surface area contributed by atoms with E-state index in [0.29, 0.717) is 13.0 Å². The first-order valence-corrected chi connectivity index (χ1v) is 6.15. The van der Waals surface area contributed by atoms with Crippen LogP contribution in [0.2, 0.25) is 0 Å². The maximum absolute atomic E-state index is 11.1. The lowest BCUT2D eigenvalue weighted by atomic mass is 10.00. The Labute approximate surface area is 89.2 Å². The van der Waals surface area contributed by atoms with E-state index in [1.165, 1.54) is 0 Å². The number of ether oxygens (including phenoxy) is 1. The molecule has 1 rings (SSSR count). The van der Waals surface area contributed by atoms with Gasteiger partial charge in [-0.25, -0.2) is 0 Å². The van der Waals surface area contributed by atoms with Crippen molar-refractivity contribution in [3.8, 4) is 0 Å². The van der Waals surface area contributed by atoms with Crippen molar-refractivity contribution < 1.29 is 14.6 Å². The molecule has 1 aliphatic rings. The Morgan fingerprint density at radius 2 is 2.36 bits per heavy atom. The minimum absolute atomic E-state index is 0.548. The van der Waals surface area contributed by atoms with Gasteiger partial charge in [0.05, 0.1) is 0 Å². The Morgan fingerprint density at radius 3 is 2.86 bits per heavy atom. The van der Waals surface area contributed by atoms with E-state index in [0.717, 1.165) is 31.6 Å². The second-order valence-corrected chi connectivity index (χ2v) is 5.09. The van der Waals surface area contributed by atoms with E-state index in [1.54, 1.807) is 11.8 Å². The SMILES string of the molecule is CCCOCCC1(C(=O)O)CCCS1. The topological polar surface area (TPSA) is 46.5 Å². The van der Waals surface area contributed by atoms with E-state index >= 15 is 0 Å². The molecular formula is C10H18O3S. The number of hydrogen-bond donors (Lipinski definition) is 1. The maximum atomic E-state index is 11.1. The van der Waals surface area contributed by atoms with Gasteiger partial charge in [-0.15, -0.1) is 11.8 Å². The van der Waals surface area contributed by atoms with Crippen LogP contribution in [0.5, 0.6) is 0 Å². The van der Waals surface area contributed by atoms with Crippen LogP contribution >= 0.6 is 11.8 Å². The normalized spacial score (nSPS) is 26.6. The van der Waals surface area contributed by atoms with Crippen LogP contribution in [-0.2, 0) is 9.53 Å². The highest BCUT2D eigenvalue weighted by atomic mass is 32.2. The Kier molecular flexibility index (Phi) is 4.75. The summed E-state index contributed by atoms with van der Waals surface area (Å²) in [5.41, 5.74) is 0. The molecule has 1 aliphatic heterocycles. The second-order valence-electron chi connectivity index (χ2n) is 3.61. The second kappa shape index (κ2) is 5.61. The Hall–Kier alpha value is -0.220. The van der Waals surface area contributed by atoms with Crippen LogP contribution in [0.1, 0.15) is 32.6 Å². The standard InChI is InChI=1S/C10H18O3S/c1-2-6-13-7-5-10(9(11)12)4-3-8-14-10/h2-8H2,1H3,(H,11,12). The third-order valence-electron chi connectivity index (χ3n) is 2.49. The van der Waals surface area contributed by atoms with Crippen molar-refractivity contribution in [3.63, 3.8) is 0 Å². The summed E-state index contributed by atoms with van der Waals surface area (Å²) in [5, 5.41) is 9.14. The average Bonchev–Trinajstić information content (AvgIpc) is 2.62. The summed E-state index contributed by atoms with van der Waals surface area (Å²) in [4.78, 5) is 11.1. The van der Waals surface area contributed by atoms with Gasteiger partial charge in [0, 0.05) is 13.2 Å². The van der Waals surface area contributed by atoms with Crippen molar-refractivity contribution in [1.82, 2.24) is 0 Å². The fourth-order valence-corrected chi connectivity index (χ4v) is 2.97. The molecule has 1 saturated heterocycles. The van der Waals surface area contributed by atoms with Gasteiger partial charge in [0.25, 0.3) is 0 Å². The third kappa shape index (κ3) is 2.89. The molecule has 0 saturated carbocycles. The van der Waals surface area contributed by atoms with E-state index in [2.05, 4.69) is 6.92 Å². The first kappa shape index (κ1) is 11.9. The number of carboxylic acid groups (broad SMARTS) is 1. The fraction of sp³-hybridized carbons (Fsp3) is 0.900. The molecule has 0 amide bonds. The van der Waals surface area contributed by atoms with Crippen LogP contribution in [0, 0.1) is 0 Å². The van der Waals surface area contributed by atoms with E-state index in [1.807, 2.05) is 0 Å². The number of carbonyl (C=O) groups is 1. The van der Waals surface area contributed by atoms with Gasteiger partial charge in [0.1, 0.15) is 4.75 Å². The van der Waals surface area contributed by atoms with Gasteiger partial charge >= 0.3 is 5.97 Å². The van der Waals surface area contributed by atoms with Gasteiger partial charge in [-0.2, -0.15) is 0 Å². The highest BCUT2D eigenvalue weighted by molar-refractivity contribution is 8.01. The number of thioether (sulfide) groups is 1. The molecule has 4 heteroatoms. The molecule has 0 aromatic heterocycles. The number of carboxylic acids is 1. The van der Waals surface area contributed by atoms with Crippen molar-refractivity contribution in [2.45, 2.75) is 37.4 Å². The van der Waals surface area contributed by atoms with E-state index in [-0.39, 0.29) is 0 Å². The largest absolute Gasteiger partial charge is 0.480 e. The molecular weight excluding hydrogens is 200 g/mol. The number of hydrogen-bond acceptors (Lipinski definition) is 3.